The van der Waals surface area contributed by atoms with Gasteiger partial charge in [-0.2, -0.15) is 5.26 Å². The second-order valence-electron chi connectivity index (χ2n) is 4.87. The van der Waals surface area contributed by atoms with Gasteiger partial charge >= 0.3 is 0 Å². The van der Waals surface area contributed by atoms with Crippen molar-refractivity contribution in [1.82, 2.24) is 15.2 Å². The van der Waals surface area contributed by atoms with Crippen LogP contribution in [0.1, 0.15) is 19.4 Å². The van der Waals surface area contributed by atoms with E-state index in [0.717, 1.165) is 19.5 Å². The maximum absolute atomic E-state index is 9.06. The van der Waals surface area contributed by atoms with E-state index < -0.39 is 0 Å². The number of nitriles is 1. The third kappa shape index (κ3) is 5.76. The molecule has 0 bridgehead atoms. The number of pyridine rings is 1. The molecular formula is C14H22N4. The van der Waals surface area contributed by atoms with Crippen LogP contribution in [0, 0.1) is 11.3 Å². The number of hydrogen-bond donors (Lipinski definition) is 1. The van der Waals surface area contributed by atoms with Crippen LogP contribution in [-0.4, -0.2) is 42.1 Å². The molecule has 0 fully saturated rings. The van der Waals surface area contributed by atoms with Crippen LogP contribution < -0.4 is 5.32 Å². The van der Waals surface area contributed by atoms with Crippen LogP contribution >= 0.6 is 0 Å². The van der Waals surface area contributed by atoms with E-state index in [2.05, 4.69) is 35.1 Å². The van der Waals surface area contributed by atoms with Crippen molar-refractivity contribution in [3.63, 3.8) is 0 Å². The summed E-state index contributed by atoms with van der Waals surface area (Å²) >= 11 is 0. The minimum atomic E-state index is -0.104. The van der Waals surface area contributed by atoms with Crippen LogP contribution in [0.2, 0.25) is 0 Å². The van der Waals surface area contributed by atoms with Crippen molar-refractivity contribution in [1.29, 1.82) is 5.26 Å². The largest absolute Gasteiger partial charge is 0.303 e. The molecule has 1 rings (SSSR count). The Morgan fingerprint density at radius 3 is 2.61 bits per heavy atom. The molecule has 1 unspecified atom stereocenters. The van der Waals surface area contributed by atoms with Gasteiger partial charge in [0.15, 0.2) is 0 Å². The molecule has 1 aromatic heterocycles. The maximum atomic E-state index is 9.06. The Bertz CT molecular complexity index is 369. The Balaban J connectivity index is 2.32. The minimum Gasteiger partial charge on any atom is -0.303 e. The molecule has 18 heavy (non-hydrogen) atoms. The SMILES string of the molecule is CC(C)NC(C#N)CN(C)CCc1ccncc1. The zero-order chi connectivity index (χ0) is 13.4. The van der Waals surface area contributed by atoms with Crippen LogP contribution in [0.15, 0.2) is 24.5 Å². The van der Waals surface area contributed by atoms with Gasteiger partial charge in [0, 0.05) is 31.5 Å². The Hall–Kier alpha value is -1.44. The van der Waals surface area contributed by atoms with Gasteiger partial charge in [-0.3, -0.25) is 10.3 Å². The van der Waals surface area contributed by atoms with Crippen LogP contribution in [0.4, 0.5) is 0 Å². The highest BCUT2D eigenvalue weighted by molar-refractivity contribution is 5.09. The predicted octanol–water partition coefficient (Wildman–Crippen LogP) is 1.45. The van der Waals surface area contributed by atoms with Gasteiger partial charge in [0.25, 0.3) is 0 Å². The Morgan fingerprint density at radius 1 is 1.39 bits per heavy atom. The van der Waals surface area contributed by atoms with E-state index in [1.165, 1.54) is 5.56 Å². The van der Waals surface area contributed by atoms with E-state index in [1.807, 2.05) is 31.6 Å². The first kappa shape index (κ1) is 14.6. The summed E-state index contributed by atoms with van der Waals surface area (Å²) in [4.78, 5) is 6.18. The highest BCUT2D eigenvalue weighted by Gasteiger charge is 2.11. The smallest absolute Gasteiger partial charge is 0.108 e. The molecule has 0 aromatic carbocycles. The molecule has 0 saturated carbocycles. The first-order valence-electron chi connectivity index (χ1n) is 6.35. The Labute approximate surface area is 110 Å². The van der Waals surface area contributed by atoms with Crippen molar-refractivity contribution in [2.75, 3.05) is 20.1 Å². The van der Waals surface area contributed by atoms with Crippen LogP contribution in [-0.2, 0) is 6.42 Å². The molecule has 1 heterocycles. The molecule has 1 aromatic rings. The first-order chi connectivity index (χ1) is 8.61. The number of hydrogen-bond acceptors (Lipinski definition) is 4. The lowest BCUT2D eigenvalue weighted by Gasteiger charge is -2.22. The fourth-order valence-electron chi connectivity index (χ4n) is 1.81. The quantitative estimate of drug-likeness (QED) is 0.791. The summed E-state index contributed by atoms with van der Waals surface area (Å²) in [6.45, 7) is 5.81. The molecule has 0 aliphatic heterocycles. The zero-order valence-corrected chi connectivity index (χ0v) is 11.4. The maximum Gasteiger partial charge on any atom is 0.108 e. The first-order valence-corrected chi connectivity index (χ1v) is 6.35. The van der Waals surface area contributed by atoms with E-state index in [9.17, 15) is 0 Å². The molecule has 0 saturated heterocycles. The van der Waals surface area contributed by atoms with Gasteiger partial charge in [-0.15, -0.1) is 0 Å². The zero-order valence-electron chi connectivity index (χ0n) is 11.4. The summed E-state index contributed by atoms with van der Waals surface area (Å²) < 4.78 is 0. The van der Waals surface area contributed by atoms with Crippen molar-refractivity contribution >= 4 is 0 Å². The highest BCUT2D eigenvalue weighted by atomic mass is 15.1. The number of rotatable bonds is 7. The summed E-state index contributed by atoms with van der Waals surface area (Å²) in [7, 11) is 2.05. The van der Waals surface area contributed by atoms with Crippen LogP contribution in [0.3, 0.4) is 0 Å². The van der Waals surface area contributed by atoms with Crippen molar-refractivity contribution in [2.45, 2.75) is 32.4 Å². The van der Waals surface area contributed by atoms with E-state index in [0.29, 0.717) is 6.04 Å². The fourth-order valence-corrected chi connectivity index (χ4v) is 1.81. The Morgan fingerprint density at radius 2 is 2.06 bits per heavy atom. The molecular weight excluding hydrogens is 224 g/mol. The van der Waals surface area contributed by atoms with E-state index in [1.54, 1.807) is 0 Å². The lowest BCUT2D eigenvalue weighted by atomic mass is 10.2. The molecule has 0 spiro atoms. The van der Waals surface area contributed by atoms with Crippen LogP contribution in [0.25, 0.3) is 0 Å². The number of likely N-dealkylation sites (N-methyl/N-ethyl adjacent to an activating group) is 1. The lowest BCUT2D eigenvalue weighted by Crippen LogP contribution is -2.42. The van der Waals surface area contributed by atoms with E-state index >= 15 is 0 Å². The Kier molecular flexibility index (Phi) is 6.34. The van der Waals surface area contributed by atoms with Crippen molar-refractivity contribution in [3.05, 3.63) is 30.1 Å². The van der Waals surface area contributed by atoms with Gasteiger partial charge in [0.2, 0.25) is 0 Å². The molecule has 4 heteroatoms. The monoisotopic (exact) mass is 246 g/mol. The second kappa shape index (κ2) is 7.80. The number of nitrogens with one attached hydrogen (secondary N) is 1. The second-order valence-corrected chi connectivity index (χ2v) is 4.87. The topological polar surface area (TPSA) is 52.0 Å². The molecule has 98 valence electrons. The van der Waals surface area contributed by atoms with Gasteiger partial charge in [0.05, 0.1) is 6.07 Å². The summed E-state index contributed by atoms with van der Waals surface area (Å²) in [6.07, 6.45) is 4.61. The molecule has 0 radical (unpaired) electrons. The predicted molar refractivity (Wildman–Crippen MR) is 73.1 cm³/mol. The molecule has 4 nitrogen and oxygen atoms in total. The molecule has 1 atom stereocenters. The van der Waals surface area contributed by atoms with Gasteiger partial charge < -0.3 is 4.90 Å². The van der Waals surface area contributed by atoms with E-state index in [4.69, 9.17) is 5.26 Å². The van der Waals surface area contributed by atoms with Gasteiger partial charge in [-0.25, -0.2) is 0 Å². The van der Waals surface area contributed by atoms with Crippen LogP contribution in [0.5, 0.6) is 0 Å². The van der Waals surface area contributed by atoms with Gasteiger partial charge in [0.1, 0.15) is 6.04 Å². The summed E-state index contributed by atoms with van der Waals surface area (Å²) in [6, 6.07) is 6.59. The normalized spacial score (nSPS) is 12.7. The van der Waals surface area contributed by atoms with E-state index in [-0.39, 0.29) is 6.04 Å². The standard InChI is InChI=1S/C14H22N4/c1-12(2)17-14(10-15)11-18(3)9-6-13-4-7-16-8-5-13/h4-5,7-8,12,14,17H,6,9,11H2,1-3H3. The molecule has 0 aliphatic carbocycles. The number of nitrogens with zero attached hydrogens (tertiary/aromatic N) is 3. The third-order valence-corrected chi connectivity index (χ3v) is 2.72. The van der Waals surface area contributed by atoms with Crippen molar-refractivity contribution < 1.29 is 0 Å². The highest BCUT2D eigenvalue weighted by Crippen LogP contribution is 1.99. The summed E-state index contributed by atoms with van der Waals surface area (Å²) in [5.74, 6) is 0. The molecule has 0 aliphatic rings. The van der Waals surface area contributed by atoms with Crippen molar-refractivity contribution in [2.24, 2.45) is 0 Å². The summed E-state index contributed by atoms with van der Waals surface area (Å²) in [5.41, 5.74) is 1.28. The molecule has 0 amide bonds. The third-order valence-electron chi connectivity index (χ3n) is 2.72. The average Bonchev–Trinajstić information content (AvgIpc) is 2.36. The van der Waals surface area contributed by atoms with Gasteiger partial charge in [-0.1, -0.05) is 0 Å². The minimum absolute atomic E-state index is 0.104. The number of aromatic nitrogens is 1. The lowest BCUT2D eigenvalue weighted by molar-refractivity contribution is 0.307. The molecule has 1 N–H and O–H groups in total. The average molecular weight is 246 g/mol. The summed E-state index contributed by atoms with van der Waals surface area (Å²) in [5, 5.41) is 12.3. The van der Waals surface area contributed by atoms with Crippen molar-refractivity contribution in [3.8, 4) is 6.07 Å². The van der Waals surface area contributed by atoms with Gasteiger partial charge in [-0.05, 0) is 45.0 Å². The fraction of sp³-hybridized carbons (Fsp3) is 0.571.